The molecule has 0 fully saturated rings. The molecule has 1 aliphatic carbocycles. The van der Waals surface area contributed by atoms with Gasteiger partial charge in [0.05, 0.1) is 0 Å². The third-order valence-corrected chi connectivity index (χ3v) is 3.21. The van der Waals surface area contributed by atoms with Crippen molar-refractivity contribution < 1.29 is 10.0 Å². The van der Waals surface area contributed by atoms with Gasteiger partial charge in [-0.05, 0) is 29.5 Å². The summed E-state index contributed by atoms with van der Waals surface area (Å²) in [4.78, 5) is 12.0. The highest BCUT2D eigenvalue weighted by Gasteiger charge is 2.30. The Morgan fingerprint density at radius 2 is 1.88 bits per heavy atom. The number of nitrogens with zero attached hydrogens (tertiary/aromatic N) is 1. The molecule has 0 saturated carbocycles. The Labute approximate surface area is 94.8 Å². The molecular formula is C13H15NO2. The minimum absolute atomic E-state index is 0.107. The van der Waals surface area contributed by atoms with Crippen LogP contribution in [0.1, 0.15) is 40.9 Å². The first-order valence-corrected chi connectivity index (χ1v) is 5.62. The molecule has 0 aliphatic heterocycles. The molecule has 0 spiro atoms. The molecular weight excluding hydrogens is 202 g/mol. The van der Waals surface area contributed by atoms with Crippen molar-refractivity contribution in [3.8, 4) is 0 Å². The summed E-state index contributed by atoms with van der Waals surface area (Å²) in [5.41, 5.74) is 4.33. The molecule has 1 N–H and O–H groups in total. The Morgan fingerprint density at radius 1 is 1.25 bits per heavy atom. The van der Waals surface area contributed by atoms with Gasteiger partial charge in [-0.1, -0.05) is 31.1 Å². The second-order valence-electron chi connectivity index (χ2n) is 4.00. The minimum Gasteiger partial charge on any atom is -0.411 e. The summed E-state index contributed by atoms with van der Waals surface area (Å²) in [6.45, 7) is 4.10. The highest BCUT2D eigenvalue weighted by Crippen LogP contribution is 2.28. The summed E-state index contributed by atoms with van der Waals surface area (Å²) in [7, 11) is 0. The molecule has 0 amide bonds. The van der Waals surface area contributed by atoms with Gasteiger partial charge in [0.15, 0.2) is 0 Å². The van der Waals surface area contributed by atoms with Gasteiger partial charge in [0, 0.05) is 12.0 Å². The lowest BCUT2D eigenvalue weighted by molar-refractivity contribution is 0.106. The van der Waals surface area contributed by atoms with E-state index in [1.54, 1.807) is 0 Å². The van der Waals surface area contributed by atoms with E-state index in [-0.39, 0.29) is 11.5 Å². The van der Waals surface area contributed by atoms with Crippen molar-refractivity contribution in [2.24, 2.45) is 5.16 Å². The normalized spacial score (nSPS) is 16.9. The van der Waals surface area contributed by atoms with E-state index in [1.165, 1.54) is 5.56 Å². The molecule has 0 radical (unpaired) electrons. The second kappa shape index (κ2) is 4.08. The van der Waals surface area contributed by atoms with Gasteiger partial charge >= 0.3 is 0 Å². The lowest BCUT2D eigenvalue weighted by atomic mass is 9.95. The Kier molecular flexibility index (Phi) is 2.77. The predicted molar refractivity (Wildman–Crippen MR) is 62.5 cm³/mol. The maximum absolute atomic E-state index is 12.0. The van der Waals surface area contributed by atoms with Gasteiger partial charge in [-0.3, -0.25) is 4.79 Å². The maximum atomic E-state index is 12.0. The third-order valence-electron chi connectivity index (χ3n) is 3.21. The fourth-order valence-corrected chi connectivity index (χ4v) is 2.32. The van der Waals surface area contributed by atoms with Crippen LogP contribution in [0.15, 0.2) is 17.3 Å². The van der Waals surface area contributed by atoms with E-state index in [9.17, 15) is 4.79 Å². The first kappa shape index (κ1) is 10.9. The Balaban J connectivity index is 2.65. The lowest BCUT2D eigenvalue weighted by Crippen LogP contribution is -2.08. The summed E-state index contributed by atoms with van der Waals surface area (Å²) >= 11 is 0. The van der Waals surface area contributed by atoms with Crippen molar-refractivity contribution in [1.82, 2.24) is 0 Å². The molecule has 1 aromatic rings. The monoisotopic (exact) mass is 217 g/mol. The first-order valence-electron chi connectivity index (χ1n) is 5.62. The quantitative estimate of drug-likeness (QED) is 0.610. The largest absolute Gasteiger partial charge is 0.411 e. The average Bonchev–Trinajstić information content (AvgIpc) is 2.66. The molecule has 1 aromatic carbocycles. The molecule has 0 bridgehead atoms. The van der Waals surface area contributed by atoms with Crippen LogP contribution >= 0.6 is 0 Å². The van der Waals surface area contributed by atoms with Crippen molar-refractivity contribution >= 4 is 11.5 Å². The van der Waals surface area contributed by atoms with Gasteiger partial charge in [-0.15, -0.1) is 0 Å². The van der Waals surface area contributed by atoms with Crippen LogP contribution in [0.5, 0.6) is 0 Å². The van der Waals surface area contributed by atoms with Gasteiger partial charge in [0.1, 0.15) is 5.71 Å². The zero-order valence-electron chi connectivity index (χ0n) is 9.58. The van der Waals surface area contributed by atoms with E-state index in [2.05, 4.69) is 18.1 Å². The fraction of sp³-hybridized carbons (Fsp3) is 0.385. The zero-order chi connectivity index (χ0) is 11.7. The molecule has 16 heavy (non-hydrogen) atoms. The van der Waals surface area contributed by atoms with E-state index in [4.69, 9.17) is 5.21 Å². The number of hydrogen-bond acceptors (Lipinski definition) is 3. The lowest BCUT2D eigenvalue weighted by Gasteiger charge is -2.08. The molecule has 0 saturated heterocycles. The molecule has 0 atom stereocenters. The molecule has 84 valence electrons. The topological polar surface area (TPSA) is 49.7 Å². The van der Waals surface area contributed by atoms with Crippen LogP contribution < -0.4 is 0 Å². The Hall–Kier alpha value is -1.64. The van der Waals surface area contributed by atoms with Crippen LogP contribution in [0.2, 0.25) is 0 Å². The van der Waals surface area contributed by atoms with Crippen LogP contribution in [0.25, 0.3) is 0 Å². The van der Waals surface area contributed by atoms with Gasteiger partial charge < -0.3 is 5.21 Å². The number of aryl methyl sites for hydroxylation is 2. The smallest absolute Gasteiger partial charge is 0.211 e. The molecule has 1 aliphatic rings. The maximum Gasteiger partial charge on any atom is 0.211 e. The van der Waals surface area contributed by atoms with Crippen molar-refractivity contribution in [2.75, 3.05) is 0 Å². The predicted octanol–water partition coefficient (Wildman–Crippen LogP) is 2.38. The highest BCUT2D eigenvalue weighted by molar-refractivity contribution is 6.49. The van der Waals surface area contributed by atoms with Crippen molar-refractivity contribution in [2.45, 2.75) is 33.1 Å². The van der Waals surface area contributed by atoms with Crippen LogP contribution in [-0.2, 0) is 19.3 Å². The summed E-state index contributed by atoms with van der Waals surface area (Å²) in [6, 6.07) is 4.08. The van der Waals surface area contributed by atoms with Crippen LogP contribution in [0.3, 0.4) is 0 Å². The SMILES string of the molecule is CCc1ccc(CC)c2c1C/C(=N\O)C2=O. The zero-order valence-corrected chi connectivity index (χ0v) is 9.58. The summed E-state index contributed by atoms with van der Waals surface area (Å²) < 4.78 is 0. The van der Waals surface area contributed by atoms with Crippen molar-refractivity contribution in [1.29, 1.82) is 0 Å². The molecule has 2 rings (SSSR count). The molecule has 3 heteroatoms. The number of carbonyl (C=O) groups is 1. The standard InChI is InChI=1S/C13H15NO2/c1-3-8-5-6-9(4-2)12-10(8)7-11(14-16)13(12)15/h5-6,16H,3-4,7H2,1-2H3/b14-11+. The van der Waals surface area contributed by atoms with E-state index < -0.39 is 0 Å². The minimum atomic E-state index is -0.107. The third kappa shape index (κ3) is 1.43. The summed E-state index contributed by atoms with van der Waals surface area (Å²) in [6.07, 6.45) is 2.21. The molecule has 0 heterocycles. The summed E-state index contributed by atoms with van der Waals surface area (Å²) in [5.74, 6) is -0.107. The molecule has 0 unspecified atom stereocenters. The number of oxime groups is 1. The van der Waals surface area contributed by atoms with Crippen LogP contribution in [0, 0.1) is 0 Å². The second-order valence-corrected chi connectivity index (χ2v) is 4.00. The van der Waals surface area contributed by atoms with Crippen LogP contribution in [-0.4, -0.2) is 16.7 Å². The highest BCUT2D eigenvalue weighted by atomic mass is 16.4. The van der Waals surface area contributed by atoms with E-state index in [0.717, 1.165) is 29.5 Å². The van der Waals surface area contributed by atoms with Crippen LogP contribution in [0.4, 0.5) is 0 Å². The number of carbonyl (C=O) groups excluding carboxylic acids is 1. The molecule has 0 aromatic heterocycles. The first-order chi connectivity index (χ1) is 7.72. The van der Waals surface area contributed by atoms with Crippen molar-refractivity contribution in [3.05, 3.63) is 34.4 Å². The number of benzene rings is 1. The Morgan fingerprint density at radius 3 is 2.44 bits per heavy atom. The fourth-order valence-electron chi connectivity index (χ4n) is 2.32. The van der Waals surface area contributed by atoms with Gasteiger partial charge in [-0.2, -0.15) is 0 Å². The van der Waals surface area contributed by atoms with E-state index >= 15 is 0 Å². The number of fused-ring (bicyclic) bond motifs is 1. The summed E-state index contributed by atoms with van der Waals surface area (Å²) in [5, 5.41) is 11.9. The number of hydrogen-bond donors (Lipinski definition) is 1. The van der Waals surface area contributed by atoms with Gasteiger partial charge in [-0.25, -0.2) is 0 Å². The average molecular weight is 217 g/mol. The van der Waals surface area contributed by atoms with Crippen molar-refractivity contribution in [3.63, 3.8) is 0 Å². The number of Topliss-reactive ketones (excluding diaryl/α,β-unsaturated/α-hetero) is 1. The number of ketones is 1. The number of rotatable bonds is 2. The van der Waals surface area contributed by atoms with Gasteiger partial charge in [0.2, 0.25) is 5.78 Å². The molecule has 3 nitrogen and oxygen atoms in total. The Bertz CT molecular complexity index is 475. The van der Waals surface area contributed by atoms with E-state index in [1.807, 2.05) is 13.0 Å². The van der Waals surface area contributed by atoms with E-state index in [0.29, 0.717) is 6.42 Å². The van der Waals surface area contributed by atoms with Gasteiger partial charge in [0.25, 0.3) is 0 Å².